The molecule has 4 heteroatoms. The van der Waals surface area contributed by atoms with Gasteiger partial charge in [0.2, 0.25) is 6.08 Å². The molecular weight excluding hydrogens is 182 g/mol. The van der Waals surface area contributed by atoms with Gasteiger partial charge < -0.3 is 8.83 Å². The van der Waals surface area contributed by atoms with Crippen molar-refractivity contribution in [3.63, 3.8) is 0 Å². The highest BCUT2D eigenvalue weighted by molar-refractivity contribution is 5.33. The van der Waals surface area contributed by atoms with Crippen LogP contribution in [0.25, 0.3) is 0 Å². The Morgan fingerprint density at radius 2 is 2.00 bits per heavy atom. The zero-order valence-corrected chi connectivity index (χ0v) is 7.42. The molecule has 0 unspecified atom stereocenters. The van der Waals surface area contributed by atoms with Gasteiger partial charge in [0.1, 0.15) is 12.3 Å². The number of nitrogens with zero attached hydrogens (tertiary/aromatic N) is 1. The Morgan fingerprint density at radius 1 is 1.21 bits per heavy atom. The fourth-order valence-corrected chi connectivity index (χ4v) is 0.740. The number of carbonyl (C=O) groups excluding carboxylic acids is 1. The Balaban J connectivity index is 0.000000165. The van der Waals surface area contributed by atoms with Crippen LogP contribution in [0.5, 0.6) is 0 Å². The molecule has 2 aromatic rings. The summed E-state index contributed by atoms with van der Waals surface area (Å²) in [4.78, 5) is 12.9. The van der Waals surface area contributed by atoms with E-state index >= 15 is 0 Å². The van der Waals surface area contributed by atoms with Crippen molar-refractivity contribution in [3.05, 3.63) is 48.8 Å². The Hall–Kier alpha value is -2.06. The SMILES string of the molecule is O=C=NCc1ccco1.c1ccoc1. The third-order valence-electron chi connectivity index (χ3n) is 1.30. The van der Waals surface area contributed by atoms with Gasteiger partial charge in [-0.3, -0.25) is 0 Å². The molecule has 4 nitrogen and oxygen atoms in total. The monoisotopic (exact) mass is 191 g/mol. The summed E-state index contributed by atoms with van der Waals surface area (Å²) >= 11 is 0. The van der Waals surface area contributed by atoms with Crippen LogP contribution < -0.4 is 0 Å². The van der Waals surface area contributed by atoms with E-state index < -0.39 is 0 Å². The summed E-state index contributed by atoms with van der Waals surface area (Å²) in [6.45, 7) is 0.288. The molecule has 0 aromatic carbocycles. The normalized spacial score (nSPS) is 8.29. The third-order valence-corrected chi connectivity index (χ3v) is 1.30. The van der Waals surface area contributed by atoms with Gasteiger partial charge in [-0.05, 0) is 24.3 Å². The lowest BCUT2D eigenvalue weighted by molar-refractivity contribution is 0.509. The summed E-state index contributed by atoms with van der Waals surface area (Å²) in [5.74, 6) is 0.679. The third kappa shape index (κ3) is 4.09. The number of hydrogen-bond acceptors (Lipinski definition) is 4. The van der Waals surface area contributed by atoms with Crippen LogP contribution in [0.15, 0.2) is 56.9 Å². The first kappa shape index (κ1) is 10.0. The second-order valence-corrected chi connectivity index (χ2v) is 2.28. The van der Waals surface area contributed by atoms with Gasteiger partial charge in [-0.25, -0.2) is 4.79 Å². The van der Waals surface area contributed by atoms with Crippen molar-refractivity contribution in [3.8, 4) is 0 Å². The van der Waals surface area contributed by atoms with E-state index in [-0.39, 0.29) is 6.54 Å². The Bertz CT molecular complexity index is 341. The van der Waals surface area contributed by atoms with E-state index in [0.29, 0.717) is 5.76 Å². The van der Waals surface area contributed by atoms with Crippen LogP contribution in [-0.4, -0.2) is 6.08 Å². The molecule has 0 N–H and O–H groups in total. The predicted molar refractivity (Wildman–Crippen MR) is 49.2 cm³/mol. The maximum atomic E-state index is 9.57. The molecule has 0 radical (unpaired) electrons. The maximum absolute atomic E-state index is 9.57. The van der Waals surface area contributed by atoms with Crippen molar-refractivity contribution in [2.45, 2.75) is 6.54 Å². The Labute approximate surface area is 80.9 Å². The standard InChI is InChI=1S/C6H5NO2.C4H4O/c8-5-7-4-6-2-1-3-9-6;1-2-4-5-3-1/h1-3H,4H2;1-4H. The highest BCUT2D eigenvalue weighted by Gasteiger charge is 1.89. The molecule has 0 aliphatic carbocycles. The van der Waals surface area contributed by atoms with Gasteiger partial charge in [-0.2, -0.15) is 4.99 Å². The largest absolute Gasteiger partial charge is 0.473 e. The number of isocyanates is 1. The van der Waals surface area contributed by atoms with Crippen LogP contribution in [0.4, 0.5) is 0 Å². The lowest BCUT2D eigenvalue weighted by Crippen LogP contribution is -1.71. The lowest BCUT2D eigenvalue weighted by Gasteiger charge is -1.80. The zero-order chi connectivity index (χ0) is 10.1. The first-order valence-electron chi connectivity index (χ1n) is 3.96. The van der Waals surface area contributed by atoms with Crippen molar-refractivity contribution in [2.75, 3.05) is 0 Å². The molecule has 2 aromatic heterocycles. The van der Waals surface area contributed by atoms with Crippen LogP contribution >= 0.6 is 0 Å². The quantitative estimate of drug-likeness (QED) is 0.541. The van der Waals surface area contributed by atoms with E-state index in [1.807, 2.05) is 12.1 Å². The molecule has 2 rings (SSSR count). The second kappa shape index (κ2) is 6.46. The first-order chi connectivity index (χ1) is 6.93. The molecule has 14 heavy (non-hydrogen) atoms. The molecule has 72 valence electrons. The molecule has 0 atom stereocenters. The first-order valence-corrected chi connectivity index (χ1v) is 3.96. The Morgan fingerprint density at radius 3 is 2.43 bits per heavy atom. The van der Waals surface area contributed by atoms with Crippen molar-refractivity contribution in [1.29, 1.82) is 0 Å². The number of aliphatic imine (C=N–C) groups is 1. The van der Waals surface area contributed by atoms with Gasteiger partial charge >= 0.3 is 0 Å². The van der Waals surface area contributed by atoms with Crippen molar-refractivity contribution in [1.82, 2.24) is 0 Å². The average Bonchev–Trinajstić information content (AvgIpc) is 2.90. The highest BCUT2D eigenvalue weighted by Crippen LogP contribution is 1.99. The minimum Gasteiger partial charge on any atom is -0.473 e. The van der Waals surface area contributed by atoms with Gasteiger partial charge in [-0.1, -0.05) is 0 Å². The van der Waals surface area contributed by atoms with Crippen LogP contribution in [-0.2, 0) is 11.3 Å². The minimum atomic E-state index is 0.288. The fourth-order valence-electron chi connectivity index (χ4n) is 0.740. The molecule has 0 saturated carbocycles. The summed E-state index contributed by atoms with van der Waals surface area (Å²) in [6.07, 6.45) is 6.21. The number of rotatable bonds is 2. The summed E-state index contributed by atoms with van der Waals surface area (Å²) < 4.78 is 9.45. The van der Waals surface area contributed by atoms with Crippen molar-refractivity contribution in [2.24, 2.45) is 4.99 Å². The predicted octanol–water partition coefficient (Wildman–Crippen LogP) is 2.40. The van der Waals surface area contributed by atoms with Gasteiger partial charge in [0, 0.05) is 0 Å². The second-order valence-electron chi connectivity index (χ2n) is 2.28. The molecule has 0 saturated heterocycles. The molecule has 0 aliphatic heterocycles. The number of hydrogen-bond donors (Lipinski definition) is 0. The van der Waals surface area contributed by atoms with E-state index in [0.717, 1.165) is 0 Å². The van der Waals surface area contributed by atoms with Crippen LogP contribution in [0.2, 0.25) is 0 Å². The van der Waals surface area contributed by atoms with Crippen molar-refractivity contribution < 1.29 is 13.6 Å². The van der Waals surface area contributed by atoms with E-state index in [4.69, 9.17) is 4.42 Å². The zero-order valence-electron chi connectivity index (χ0n) is 7.42. The summed E-state index contributed by atoms with van der Waals surface area (Å²) in [7, 11) is 0. The summed E-state index contributed by atoms with van der Waals surface area (Å²) in [6, 6.07) is 7.16. The molecule has 0 amide bonds. The van der Waals surface area contributed by atoms with E-state index in [2.05, 4.69) is 9.41 Å². The molecule has 0 fully saturated rings. The highest BCUT2D eigenvalue weighted by atomic mass is 16.3. The van der Waals surface area contributed by atoms with Gasteiger partial charge in [0.15, 0.2) is 0 Å². The van der Waals surface area contributed by atoms with E-state index in [1.54, 1.807) is 24.7 Å². The van der Waals surface area contributed by atoms with Gasteiger partial charge in [0.05, 0.1) is 18.8 Å². The van der Waals surface area contributed by atoms with E-state index in [9.17, 15) is 4.79 Å². The van der Waals surface area contributed by atoms with Crippen LogP contribution in [0.1, 0.15) is 5.76 Å². The topological polar surface area (TPSA) is 55.7 Å². The molecule has 2 heterocycles. The maximum Gasteiger partial charge on any atom is 0.235 e. The van der Waals surface area contributed by atoms with Crippen LogP contribution in [0, 0.1) is 0 Å². The fraction of sp³-hybridized carbons (Fsp3) is 0.100. The molecular formula is C10H9NO3. The van der Waals surface area contributed by atoms with Gasteiger partial charge in [-0.15, -0.1) is 0 Å². The van der Waals surface area contributed by atoms with Gasteiger partial charge in [0.25, 0.3) is 0 Å². The van der Waals surface area contributed by atoms with E-state index in [1.165, 1.54) is 12.3 Å². The lowest BCUT2D eigenvalue weighted by atomic mass is 10.5. The molecule has 0 bridgehead atoms. The smallest absolute Gasteiger partial charge is 0.235 e. The molecule has 0 aliphatic rings. The summed E-state index contributed by atoms with van der Waals surface area (Å²) in [5.41, 5.74) is 0. The van der Waals surface area contributed by atoms with Crippen LogP contribution in [0.3, 0.4) is 0 Å². The minimum absolute atomic E-state index is 0.288. The Kier molecular flexibility index (Phi) is 4.62. The molecule has 0 spiro atoms. The average molecular weight is 191 g/mol. The summed E-state index contributed by atoms with van der Waals surface area (Å²) in [5, 5.41) is 0. The number of furan rings is 2. The van der Waals surface area contributed by atoms with Crippen molar-refractivity contribution >= 4 is 6.08 Å².